The summed E-state index contributed by atoms with van der Waals surface area (Å²) in [6, 6.07) is 21.5. The van der Waals surface area contributed by atoms with Crippen LogP contribution in [0.4, 0.5) is 19.3 Å². The monoisotopic (exact) mass is 366 g/mol. The molecule has 3 rings (SSSR count). The van der Waals surface area contributed by atoms with Crippen molar-refractivity contribution in [3.05, 3.63) is 102 Å². The maximum atomic E-state index is 14.0. The van der Waals surface area contributed by atoms with Gasteiger partial charge < -0.3 is 10.2 Å². The van der Waals surface area contributed by atoms with Crippen molar-refractivity contribution >= 4 is 11.7 Å². The lowest BCUT2D eigenvalue weighted by Crippen LogP contribution is -2.36. The summed E-state index contributed by atoms with van der Waals surface area (Å²) in [6.07, 6.45) is 0. The van der Waals surface area contributed by atoms with Gasteiger partial charge in [0.05, 0.1) is 11.7 Å². The van der Waals surface area contributed by atoms with Crippen molar-refractivity contribution in [2.45, 2.75) is 19.5 Å². The molecular formula is C22H20F2N2O. The number of benzene rings is 3. The van der Waals surface area contributed by atoms with Gasteiger partial charge in [0.15, 0.2) is 0 Å². The van der Waals surface area contributed by atoms with Gasteiger partial charge in [-0.2, -0.15) is 0 Å². The summed E-state index contributed by atoms with van der Waals surface area (Å²) >= 11 is 0. The van der Waals surface area contributed by atoms with E-state index in [-0.39, 0.29) is 11.7 Å². The van der Waals surface area contributed by atoms with Gasteiger partial charge in [-0.3, -0.25) is 0 Å². The largest absolute Gasteiger partial charge is 0.322 e. The fourth-order valence-corrected chi connectivity index (χ4v) is 2.85. The standard InChI is InChI=1S/C22H20F2N2O/c1-16(18-10-6-3-7-11-18)26(15-17-8-4-2-5-9-17)22(27)25-21-13-12-19(23)14-20(21)24/h2-14,16H,15H2,1H3,(H,25,27). The maximum absolute atomic E-state index is 14.0. The van der Waals surface area contributed by atoms with Crippen molar-refractivity contribution in [2.24, 2.45) is 0 Å². The van der Waals surface area contributed by atoms with Gasteiger partial charge in [-0.05, 0) is 30.2 Å². The number of hydrogen-bond donors (Lipinski definition) is 1. The van der Waals surface area contributed by atoms with Gasteiger partial charge in [-0.25, -0.2) is 13.6 Å². The molecule has 0 aliphatic heterocycles. The average Bonchev–Trinajstić information content (AvgIpc) is 2.69. The first-order valence-electron chi connectivity index (χ1n) is 8.66. The minimum absolute atomic E-state index is 0.0558. The van der Waals surface area contributed by atoms with E-state index in [1.807, 2.05) is 67.6 Å². The molecule has 1 unspecified atom stereocenters. The molecule has 2 amide bonds. The lowest BCUT2D eigenvalue weighted by molar-refractivity contribution is 0.189. The third-order valence-electron chi connectivity index (χ3n) is 4.38. The van der Waals surface area contributed by atoms with Crippen molar-refractivity contribution in [1.82, 2.24) is 4.90 Å². The van der Waals surface area contributed by atoms with Gasteiger partial charge >= 0.3 is 6.03 Å². The predicted octanol–water partition coefficient (Wildman–Crippen LogP) is 5.76. The third kappa shape index (κ3) is 4.70. The van der Waals surface area contributed by atoms with E-state index in [9.17, 15) is 13.6 Å². The van der Waals surface area contributed by atoms with Crippen LogP contribution in [0.25, 0.3) is 0 Å². The number of urea groups is 1. The van der Waals surface area contributed by atoms with E-state index in [1.54, 1.807) is 4.90 Å². The predicted molar refractivity (Wildman–Crippen MR) is 102 cm³/mol. The molecule has 0 aromatic heterocycles. The van der Waals surface area contributed by atoms with E-state index in [4.69, 9.17) is 0 Å². The number of rotatable bonds is 5. The number of carbonyl (C=O) groups is 1. The highest BCUT2D eigenvalue weighted by Gasteiger charge is 2.22. The highest BCUT2D eigenvalue weighted by atomic mass is 19.1. The molecule has 0 bridgehead atoms. The van der Waals surface area contributed by atoms with Crippen LogP contribution in [0.15, 0.2) is 78.9 Å². The zero-order valence-electron chi connectivity index (χ0n) is 14.9. The molecule has 0 fully saturated rings. The summed E-state index contributed by atoms with van der Waals surface area (Å²) < 4.78 is 27.1. The molecule has 0 aliphatic rings. The minimum Gasteiger partial charge on any atom is -0.313 e. The van der Waals surface area contributed by atoms with Gasteiger partial charge in [0, 0.05) is 12.6 Å². The fraction of sp³-hybridized carbons (Fsp3) is 0.136. The SMILES string of the molecule is CC(c1ccccc1)N(Cc1ccccc1)C(=O)Nc1ccc(F)cc1F. The summed E-state index contributed by atoms with van der Waals surface area (Å²) in [6.45, 7) is 2.27. The van der Waals surface area contributed by atoms with Crippen molar-refractivity contribution in [2.75, 3.05) is 5.32 Å². The Kier molecular flexibility index (Phi) is 5.81. The average molecular weight is 366 g/mol. The van der Waals surface area contributed by atoms with Crippen LogP contribution in [0.5, 0.6) is 0 Å². The van der Waals surface area contributed by atoms with Crippen LogP contribution in [0, 0.1) is 11.6 Å². The second kappa shape index (κ2) is 8.45. The van der Waals surface area contributed by atoms with Crippen LogP contribution in [-0.2, 0) is 6.54 Å². The molecule has 0 saturated carbocycles. The number of carbonyl (C=O) groups excluding carboxylic acids is 1. The molecule has 138 valence electrons. The number of hydrogen-bond acceptors (Lipinski definition) is 1. The zero-order valence-corrected chi connectivity index (χ0v) is 14.9. The van der Waals surface area contributed by atoms with Gasteiger partial charge in [0.25, 0.3) is 0 Å². The van der Waals surface area contributed by atoms with Gasteiger partial charge in [0.1, 0.15) is 11.6 Å². The Morgan fingerprint density at radius 1 is 0.963 bits per heavy atom. The maximum Gasteiger partial charge on any atom is 0.322 e. The number of halogens is 2. The summed E-state index contributed by atoms with van der Waals surface area (Å²) in [4.78, 5) is 14.5. The van der Waals surface area contributed by atoms with Crippen LogP contribution >= 0.6 is 0 Å². The summed E-state index contributed by atoms with van der Waals surface area (Å²) in [7, 11) is 0. The topological polar surface area (TPSA) is 32.3 Å². The lowest BCUT2D eigenvalue weighted by Gasteiger charge is -2.30. The first kappa shape index (κ1) is 18.6. The summed E-state index contributed by atoms with van der Waals surface area (Å²) in [5.41, 5.74) is 1.86. The first-order valence-corrected chi connectivity index (χ1v) is 8.66. The van der Waals surface area contributed by atoms with Crippen LogP contribution in [0.3, 0.4) is 0 Å². The van der Waals surface area contributed by atoms with E-state index in [0.717, 1.165) is 23.3 Å². The lowest BCUT2D eigenvalue weighted by atomic mass is 10.1. The third-order valence-corrected chi connectivity index (χ3v) is 4.38. The molecule has 3 aromatic carbocycles. The van der Waals surface area contributed by atoms with E-state index in [1.165, 1.54) is 6.07 Å². The van der Waals surface area contributed by atoms with Gasteiger partial charge in [-0.1, -0.05) is 60.7 Å². The first-order chi connectivity index (χ1) is 13.0. The van der Waals surface area contributed by atoms with E-state index < -0.39 is 17.7 Å². The smallest absolute Gasteiger partial charge is 0.313 e. The normalized spacial score (nSPS) is 11.7. The number of nitrogens with zero attached hydrogens (tertiary/aromatic N) is 1. The Hall–Kier alpha value is -3.21. The van der Waals surface area contributed by atoms with Gasteiger partial charge in [0.2, 0.25) is 0 Å². The molecule has 3 aromatic rings. The molecule has 27 heavy (non-hydrogen) atoms. The molecule has 0 radical (unpaired) electrons. The molecule has 0 saturated heterocycles. The van der Waals surface area contributed by atoms with Crippen LogP contribution < -0.4 is 5.32 Å². The Labute approximate surface area is 157 Å². The Morgan fingerprint density at radius 3 is 2.22 bits per heavy atom. The molecular weight excluding hydrogens is 346 g/mol. The molecule has 3 nitrogen and oxygen atoms in total. The van der Waals surface area contributed by atoms with E-state index >= 15 is 0 Å². The second-order valence-electron chi connectivity index (χ2n) is 6.25. The Morgan fingerprint density at radius 2 is 1.59 bits per heavy atom. The van der Waals surface area contributed by atoms with E-state index in [0.29, 0.717) is 6.54 Å². The van der Waals surface area contributed by atoms with E-state index in [2.05, 4.69) is 5.32 Å². The van der Waals surface area contributed by atoms with Crippen molar-refractivity contribution in [3.63, 3.8) is 0 Å². The Balaban J connectivity index is 1.87. The number of nitrogens with one attached hydrogen (secondary N) is 1. The molecule has 1 N–H and O–H groups in total. The second-order valence-corrected chi connectivity index (χ2v) is 6.25. The van der Waals surface area contributed by atoms with Crippen LogP contribution in [0.1, 0.15) is 24.1 Å². The highest BCUT2D eigenvalue weighted by molar-refractivity contribution is 5.89. The van der Waals surface area contributed by atoms with Crippen LogP contribution in [0.2, 0.25) is 0 Å². The number of anilines is 1. The van der Waals surface area contributed by atoms with Crippen LogP contribution in [-0.4, -0.2) is 10.9 Å². The zero-order chi connectivity index (χ0) is 19.2. The quantitative estimate of drug-likeness (QED) is 0.612. The fourth-order valence-electron chi connectivity index (χ4n) is 2.85. The molecule has 0 spiro atoms. The van der Waals surface area contributed by atoms with Crippen molar-refractivity contribution in [3.8, 4) is 0 Å². The molecule has 0 aliphatic carbocycles. The molecule has 1 atom stereocenters. The van der Waals surface area contributed by atoms with Crippen molar-refractivity contribution in [1.29, 1.82) is 0 Å². The molecule has 5 heteroatoms. The minimum atomic E-state index is -0.810. The van der Waals surface area contributed by atoms with Crippen molar-refractivity contribution < 1.29 is 13.6 Å². The molecule has 0 heterocycles. The highest BCUT2D eigenvalue weighted by Crippen LogP contribution is 2.24. The summed E-state index contributed by atoms with van der Waals surface area (Å²) in [5.74, 6) is -1.50. The Bertz CT molecular complexity index is 901. The summed E-state index contributed by atoms with van der Waals surface area (Å²) in [5, 5.41) is 2.55. The number of amides is 2. The van der Waals surface area contributed by atoms with Gasteiger partial charge in [-0.15, -0.1) is 0 Å².